The Labute approximate surface area is 212 Å². The molecule has 7 nitrogen and oxygen atoms in total. The molecule has 182 valence electrons. The molecular formula is C28H23ClN2O5. The van der Waals surface area contributed by atoms with Crippen LogP contribution in [-0.4, -0.2) is 24.6 Å². The Morgan fingerprint density at radius 3 is 2.58 bits per heavy atom. The van der Waals surface area contributed by atoms with Gasteiger partial charge in [-0.05, 0) is 66.9 Å². The molecule has 1 aliphatic heterocycles. The number of carbonyl (C=O) groups excluding carboxylic acids is 1. The quantitative estimate of drug-likeness (QED) is 0.311. The molecule has 8 heteroatoms. The number of nitrogens with zero attached hydrogens (tertiary/aromatic N) is 2. The van der Waals surface area contributed by atoms with Crippen LogP contribution in [0.2, 0.25) is 5.02 Å². The third kappa shape index (κ3) is 3.82. The van der Waals surface area contributed by atoms with Gasteiger partial charge < -0.3 is 13.9 Å². The molecular weight excluding hydrogens is 480 g/mol. The minimum atomic E-state index is -0.800. The van der Waals surface area contributed by atoms with E-state index in [1.165, 1.54) is 18.2 Å². The molecule has 0 radical (unpaired) electrons. The fourth-order valence-corrected chi connectivity index (χ4v) is 4.52. The third-order valence-electron chi connectivity index (χ3n) is 6.31. The SMILES string of the molecule is C=CCOc1ccc(C2c3c(oc4cc(C)c(C)cc4c3=O)C(=O)N2c2ccc(Cl)cn2)cc1OC. The Kier molecular flexibility index (Phi) is 6.02. The van der Waals surface area contributed by atoms with Gasteiger partial charge in [0.15, 0.2) is 16.9 Å². The van der Waals surface area contributed by atoms with E-state index in [9.17, 15) is 9.59 Å². The Bertz CT molecular complexity index is 1580. The monoisotopic (exact) mass is 502 g/mol. The van der Waals surface area contributed by atoms with E-state index in [4.69, 9.17) is 25.5 Å². The van der Waals surface area contributed by atoms with Gasteiger partial charge in [0.1, 0.15) is 18.0 Å². The second-order valence-electron chi connectivity index (χ2n) is 8.53. The van der Waals surface area contributed by atoms with E-state index in [-0.39, 0.29) is 16.8 Å². The van der Waals surface area contributed by atoms with Gasteiger partial charge in [-0.2, -0.15) is 0 Å². The van der Waals surface area contributed by atoms with E-state index in [0.29, 0.717) is 45.5 Å². The molecule has 2 aromatic heterocycles. The molecule has 1 unspecified atom stereocenters. The molecule has 1 amide bonds. The molecule has 0 bridgehead atoms. The molecule has 0 N–H and O–H groups in total. The lowest BCUT2D eigenvalue weighted by Crippen LogP contribution is -2.30. The Balaban J connectivity index is 1.77. The van der Waals surface area contributed by atoms with Gasteiger partial charge in [-0.1, -0.05) is 30.3 Å². The lowest BCUT2D eigenvalue weighted by molar-refractivity contribution is 0.0970. The molecule has 0 saturated carbocycles. The first-order valence-corrected chi connectivity index (χ1v) is 11.7. The number of rotatable bonds is 6. The summed E-state index contributed by atoms with van der Waals surface area (Å²) in [5.74, 6) is 0.827. The van der Waals surface area contributed by atoms with Crippen LogP contribution in [0.3, 0.4) is 0 Å². The van der Waals surface area contributed by atoms with Crippen molar-refractivity contribution in [1.82, 2.24) is 4.98 Å². The number of aryl methyl sites for hydroxylation is 2. The topological polar surface area (TPSA) is 81.9 Å². The van der Waals surface area contributed by atoms with Crippen molar-refractivity contribution in [1.29, 1.82) is 0 Å². The van der Waals surface area contributed by atoms with E-state index < -0.39 is 11.9 Å². The Morgan fingerprint density at radius 2 is 1.89 bits per heavy atom. The predicted molar refractivity (Wildman–Crippen MR) is 139 cm³/mol. The summed E-state index contributed by atoms with van der Waals surface area (Å²) in [6, 6.07) is 11.3. The zero-order valence-corrected chi connectivity index (χ0v) is 20.8. The number of halogens is 1. The van der Waals surface area contributed by atoms with Gasteiger partial charge >= 0.3 is 0 Å². The smallest absolute Gasteiger partial charge is 0.296 e. The van der Waals surface area contributed by atoms with Gasteiger partial charge in [0, 0.05) is 6.20 Å². The molecule has 0 fully saturated rings. The van der Waals surface area contributed by atoms with Crippen molar-refractivity contribution in [3.8, 4) is 11.5 Å². The van der Waals surface area contributed by atoms with Gasteiger partial charge in [-0.25, -0.2) is 4.98 Å². The number of aromatic nitrogens is 1. The molecule has 4 aromatic rings. The number of anilines is 1. The number of benzene rings is 2. The summed E-state index contributed by atoms with van der Waals surface area (Å²) in [6.45, 7) is 7.83. The van der Waals surface area contributed by atoms with E-state index >= 15 is 0 Å². The van der Waals surface area contributed by atoms with Gasteiger partial charge in [0.25, 0.3) is 5.91 Å². The summed E-state index contributed by atoms with van der Waals surface area (Å²) in [5, 5.41) is 0.842. The highest BCUT2D eigenvalue weighted by Crippen LogP contribution is 2.43. The molecule has 3 heterocycles. The van der Waals surface area contributed by atoms with Crippen LogP contribution in [-0.2, 0) is 0 Å². The average molecular weight is 503 g/mol. The summed E-state index contributed by atoms with van der Waals surface area (Å²) < 4.78 is 17.3. The van der Waals surface area contributed by atoms with E-state index in [1.54, 1.807) is 48.5 Å². The molecule has 2 aromatic carbocycles. The minimum Gasteiger partial charge on any atom is -0.493 e. The van der Waals surface area contributed by atoms with Crippen LogP contribution >= 0.6 is 11.6 Å². The molecule has 0 saturated heterocycles. The average Bonchev–Trinajstić information content (AvgIpc) is 3.17. The van der Waals surface area contributed by atoms with E-state index in [2.05, 4.69) is 11.6 Å². The van der Waals surface area contributed by atoms with Crippen molar-refractivity contribution in [3.05, 3.63) is 105 Å². The fourth-order valence-electron chi connectivity index (χ4n) is 4.41. The molecule has 1 atom stereocenters. The Hall–Kier alpha value is -4.10. The van der Waals surface area contributed by atoms with Crippen LogP contribution in [0.15, 0.2) is 70.5 Å². The number of ether oxygens (including phenoxy) is 2. The van der Waals surface area contributed by atoms with Crippen molar-refractivity contribution >= 4 is 34.3 Å². The molecule has 5 rings (SSSR count). The first kappa shape index (κ1) is 23.6. The standard InChI is InChI=1S/C28H23ClN2O5/c1-5-10-35-20-8-6-17(13-22(20)34-4)25-24-26(32)19-11-15(2)16(3)12-21(19)36-27(24)28(33)31(25)23-9-7-18(29)14-30-23/h5-9,11-14,25H,1,10H2,2-4H3. The van der Waals surface area contributed by atoms with Gasteiger partial charge in [-0.3, -0.25) is 14.5 Å². The summed E-state index contributed by atoms with van der Waals surface area (Å²) in [7, 11) is 1.53. The maximum atomic E-state index is 13.9. The highest BCUT2D eigenvalue weighted by molar-refractivity contribution is 6.30. The first-order chi connectivity index (χ1) is 17.3. The van der Waals surface area contributed by atoms with Gasteiger partial charge in [-0.15, -0.1) is 0 Å². The number of pyridine rings is 1. The lowest BCUT2D eigenvalue weighted by Gasteiger charge is -2.25. The second-order valence-corrected chi connectivity index (χ2v) is 8.97. The minimum absolute atomic E-state index is 0.0107. The third-order valence-corrected chi connectivity index (χ3v) is 6.53. The molecule has 1 aliphatic rings. The predicted octanol–water partition coefficient (Wildman–Crippen LogP) is 5.78. The maximum absolute atomic E-state index is 13.9. The van der Waals surface area contributed by atoms with Crippen LogP contribution in [0.25, 0.3) is 11.0 Å². The van der Waals surface area contributed by atoms with Crippen molar-refractivity contribution in [2.45, 2.75) is 19.9 Å². The van der Waals surface area contributed by atoms with Crippen LogP contribution < -0.4 is 19.8 Å². The van der Waals surface area contributed by atoms with Crippen molar-refractivity contribution in [2.75, 3.05) is 18.6 Å². The molecule has 0 aliphatic carbocycles. The zero-order chi connectivity index (χ0) is 25.6. The maximum Gasteiger partial charge on any atom is 0.296 e. The second kappa shape index (κ2) is 9.17. The number of methoxy groups -OCH3 is 1. The number of carbonyl (C=O) groups is 1. The summed E-state index contributed by atoms with van der Waals surface area (Å²) >= 11 is 6.05. The van der Waals surface area contributed by atoms with Crippen LogP contribution in [0.1, 0.15) is 38.9 Å². The zero-order valence-electron chi connectivity index (χ0n) is 20.0. The fraction of sp³-hybridized carbons (Fsp3) is 0.179. The lowest BCUT2D eigenvalue weighted by atomic mass is 9.97. The van der Waals surface area contributed by atoms with Crippen LogP contribution in [0.5, 0.6) is 11.5 Å². The largest absolute Gasteiger partial charge is 0.493 e. The number of amides is 1. The van der Waals surface area contributed by atoms with E-state index in [1.807, 2.05) is 13.8 Å². The van der Waals surface area contributed by atoms with E-state index in [0.717, 1.165) is 11.1 Å². The van der Waals surface area contributed by atoms with Gasteiger partial charge in [0.05, 0.1) is 29.1 Å². The van der Waals surface area contributed by atoms with Gasteiger partial charge in [0.2, 0.25) is 5.76 Å². The summed E-state index contributed by atoms with van der Waals surface area (Å²) in [6.07, 6.45) is 3.09. The number of hydrogen-bond acceptors (Lipinski definition) is 6. The van der Waals surface area contributed by atoms with Crippen LogP contribution in [0, 0.1) is 13.8 Å². The molecule has 36 heavy (non-hydrogen) atoms. The Morgan fingerprint density at radius 1 is 1.11 bits per heavy atom. The first-order valence-electron chi connectivity index (χ1n) is 11.3. The molecule has 0 spiro atoms. The van der Waals surface area contributed by atoms with Crippen LogP contribution in [0.4, 0.5) is 5.82 Å². The number of hydrogen-bond donors (Lipinski definition) is 0. The van der Waals surface area contributed by atoms with Crippen molar-refractivity contribution in [3.63, 3.8) is 0 Å². The summed E-state index contributed by atoms with van der Waals surface area (Å²) in [5.41, 5.74) is 2.90. The van der Waals surface area contributed by atoms with Crippen molar-refractivity contribution < 1.29 is 18.7 Å². The highest BCUT2D eigenvalue weighted by atomic mass is 35.5. The number of fused-ring (bicyclic) bond motifs is 2. The summed E-state index contributed by atoms with van der Waals surface area (Å²) in [4.78, 5) is 33.4. The highest BCUT2D eigenvalue weighted by Gasteiger charge is 2.44. The normalized spacial score (nSPS) is 14.7. The van der Waals surface area contributed by atoms with Crippen molar-refractivity contribution in [2.24, 2.45) is 0 Å².